The highest BCUT2D eigenvalue weighted by Gasteiger charge is 2.29. The lowest BCUT2D eigenvalue weighted by molar-refractivity contribution is -0.123. The number of nitrogens with two attached hydrogens (primary N) is 1. The minimum Gasteiger partial charge on any atom is -0.368 e. The minimum absolute atomic E-state index is 0.350. The van der Waals surface area contributed by atoms with Crippen molar-refractivity contribution in [3.05, 3.63) is 53.3 Å². The van der Waals surface area contributed by atoms with E-state index in [0.717, 1.165) is 18.7 Å². The summed E-state index contributed by atoms with van der Waals surface area (Å²) in [6, 6.07) is 8.62. The van der Waals surface area contributed by atoms with E-state index < -0.39 is 6.04 Å². The number of carbonyl (C=O) groups is 1. The second-order valence-electron chi connectivity index (χ2n) is 5.43. The zero-order valence-corrected chi connectivity index (χ0v) is 13.4. The van der Waals surface area contributed by atoms with Crippen LogP contribution in [0.3, 0.4) is 0 Å². The van der Waals surface area contributed by atoms with Crippen LogP contribution in [0.4, 0.5) is 5.95 Å². The molecule has 1 aromatic carbocycles. The van der Waals surface area contributed by atoms with Gasteiger partial charge < -0.3 is 10.6 Å². The van der Waals surface area contributed by atoms with E-state index in [1.165, 1.54) is 0 Å². The Morgan fingerprint density at radius 3 is 2.26 bits per heavy atom. The molecule has 1 fully saturated rings. The quantitative estimate of drug-likeness (QED) is 0.918. The summed E-state index contributed by atoms with van der Waals surface area (Å²) >= 11 is 5.92. The lowest BCUT2D eigenvalue weighted by Crippen LogP contribution is -2.50. The van der Waals surface area contributed by atoms with E-state index in [1.54, 1.807) is 30.6 Å². The van der Waals surface area contributed by atoms with Gasteiger partial charge in [0, 0.05) is 43.6 Å². The number of benzene rings is 1. The Morgan fingerprint density at radius 2 is 1.70 bits per heavy atom. The Bertz CT molecular complexity index is 656. The van der Waals surface area contributed by atoms with Crippen molar-refractivity contribution in [2.45, 2.75) is 6.04 Å². The molecule has 0 aliphatic carbocycles. The molecule has 120 valence electrons. The van der Waals surface area contributed by atoms with Crippen molar-refractivity contribution >= 4 is 23.5 Å². The zero-order chi connectivity index (χ0) is 16.2. The fourth-order valence-electron chi connectivity index (χ4n) is 2.83. The average Bonchev–Trinajstić information content (AvgIpc) is 2.58. The van der Waals surface area contributed by atoms with Crippen molar-refractivity contribution in [3.8, 4) is 0 Å². The highest BCUT2D eigenvalue weighted by atomic mass is 35.5. The maximum Gasteiger partial charge on any atom is 0.239 e. The van der Waals surface area contributed by atoms with E-state index in [-0.39, 0.29) is 5.91 Å². The fourth-order valence-corrected chi connectivity index (χ4v) is 2.96. The number of aromatic nitrogens is 2. The van der Waals surface area contributed by atoms with Gasteiger partial charge in [0.1, 0.15) is 6.04 Å². The predicted octanol–water partition coefficient (Wildman–Crippen LogP) is 1.48. The number of piperazine rings is 1. The molecule has 1 aromatic heterocycles. The first-order valence-electron chi connectivity index (χ1n) is 7.46. The van der Waals surface area contributed by atoms with Crippen molar-refractivity contribution in [2.24, 2.45) is 5.73 Å². The molecular formula is C16H18ClN5O. The highest BCUT2D eigenvalue weighted by Crippen LogP contribution is 2.24. The first kappa shape index (κ1) is 15.7. The Morgan fingerprint density at radius 1 is 1.09 bits per heavy atom. The number of amides is 1. The highest BCUT2D eigenvalue weighted by molar-refractivity contribution is 6.30. The van der Waals surface area contributed by atoms with Crippen molar-refractivity contribution in [2.75, 3.05) is 31.1 Å². The molecule has 0 unspecified atom stereocenters. The van der Waals surface area contributed by atoms with Crippen LogP contribution in [-0.2, 0) is 4.79 Å². The molecule has 0 radical (unpaired) electrons. The summed E-state index contributed by atoms with van der Waals surface area (Å²) in [6.45, 7) is 2.94. The van der Waals surface area contributed by atoms with Crippen LogP contribution in [0.5, 0.6) is 0 Å². The number of hydrogen-bond acceptors (Lipinski definition) is 5. The molecule has 0 spiro atoms. The smallest absolute Gasteiger partial charge is 0.239 e. The van der Waals surface area contributed by atoms with Gasteiger partial charge in [0.15, 0.2) is 0 Å². The molecule has 1 amide bonds. The summed E-state index contributed by atoms with van der Waals surface area (Å²) in [6.07, 6.45) is 3.46. The van der Waals surface area contributed by atoms with Gasteiger partial charge in [-0.15, -0.1) is 0 Å². The summed E-state index contributed by atoms with van der Waals surface area (Å²) in [5.41, 5.74) is 6.50. The first-order chi connectivity index (χ1) is 11.1. The van der Waals surface area contributed by atoms with Crippen LogP contribution in [0, 0.1) is 0 Å². The molecular weight excluding hydrogens is 314 g/mol. The Labute approximate surface area is 139 Å². The lowest BCUT2D eigenvalue weighted by atomic mass is 10.0. The van der Waals surface area contributed by atoms with Gasteiger partial charge in [0.05, 0.1) is 0 Å². The van der Waals surface area contributed by atoms with Crippen LogP contribution < -0.4 is 10.6 Å². The van der Waals surface area contributed by atoms with E-state index in [0.29, 0.717) is 24.1 Å². The number of hydrogen-bond donors (Lipinski definition) is 1. The van der Waals surface area contributed by atoms with Crippen LogP contribution in [0.2, 0.25) is 5.02 Å². The topological polar surface area (TPSA) is 75.4 Å². The molecule has 1 aliphatic rings. The summed E-state index contributed by atoms with van der Waals surface area (Å²) in [4.78, 5) is 24.7. The van der Waals surface area contributed by atoms with Gasteiger partial charge >= 0.3 is 0 Å². The van der Waals surface area contributed by atoms with Crippen LogP contribution in [-0.4, -0.2) is 47.0 Å². The van der Waals surface area contributed by atoms with Crippen LogP contribution >= 0.6 is 11.6 Å². The largest absolute Gasteiger partial charge is 0.368 e. The second kappa shape index (κ2) is 6.93. The monoisotopic (exact) mass is 331 g/mol. The summed E-state index contributed by atoms with van der Waals surface area (Å²) in [7, 11) is 0. The molecule has 7 heteroatoms. The normalized spacial score (nSPS) is 17.0. The Balaban J connectivity index is 1.71. The number of rotatable bonds is 4. The third-order valence-electron chi connectivity index (χ3n) is 3.97. The molecule has 2 N–H and O–H groups in total. The molecule has 1 atom stereocenters. The number of anilines is 1. The summed E-state index contributed by atoms with van der Waals surface area (Å²) in [5.74, 6) is 0.367. The maximum atomic E-state index is 11.9. The van der Waals surface area contributed by atoms with Gasteiger partial charge in [0.25, 0.3) is 0 Å². The van der Waals surface area contributed by atoms with E-state index in [1.807, 2.05) is 12.1 Å². The molecule has 2 aromatic rings. The second-order valence-corrected chi connectivity index (χ2v) is 5.86. The van der Waals surface area contributed by atoms with Gasteiger partial charge in [-0.25, -0.2) is 9.97 Å². The van der Waals surface area contributed by atoms with Gasteiger partial charge in [-0.3, -0.25) is 9.69 Å². The summed E-state index contributed by atoms with van der Waals surface area (Å²) in [5, 5.41) is 0.642. The maximum absolute atomic E-state index is 11.9. The predicted molar refractivity (Wildman–Crippen MR) is 89.2 cm³/mol. The van der Waals surface area contributed by atoms with Crippen LogP contribution in [0.1, 0.15) is 11.6 Å². The Hall–Kier alpha value is -2.18. The third-order valence-corrected chi connectivity index (χ3v) is 4.22. The van der Waals surface area contributed by atoms with Crippen molar-refractivity contribution in [3.63, 3.8) is 0 Å². The van der Waals surface area contributed by atoms with E-state index in [4.69, 9.17) is 17.3 Å². The molecule has 0 bridgehead atoms. The molecule has 0 saturated carbocycles. The number of nitrogens with zero attached hydrogens (tertiary/aromatic N) is 4. The van der Waals surface area contributed by atoms with Crippen molar-refractivity contribution < 1.29 is 4.79 Å². The fraction of sp³-hybridized carbons (Fsp3) is 0.312. The van der Waals surface area contributed by atoms with Crippen LogP contribution in [0.15, 0.2) is 42.7 Å². The molecule has 1 aliphatic heterocycles. The first-order valence-corrected chi connectivity index (χ1v) is 7.84. The SMILES string of the molecule is NC(=O)[C@@H](c1ccc(Cl)cc1)N1CCN(c2ncccn2)CC1. The summed E-state index contributed by atoms with van der Waals surface area (Å²) < 4.78 is 0. The van der Waals surface area contributed by atoms with Crippen LogP contribution in [0.25, 0.3) is 0 Å². The lowest BCUT2D eigenvalue weighted by Gasteiger charge is -2.38. The van der Waals surface area contributed by atoms with E-state index in [9.17, 15) is 4.79 Å². The van der Waals surface area contributed by atoms with Crippen molar-refractivity contribution in [1.82, 2.24) is 14.9 Å². The van der Waals surface area contributed by atoms with Gasteiger partial charge in [-0.2, -0.15) is 0 Å². The molecule has 23 heavy (non-hydrogen) atoms. The third kappa shape index (κ3) is 3.60. The van der Waals surface area contributed by atoms with E-state index >= 15 is 0 Å². The molecule has 3 rings (SSSR count). The van der Waals surface area contributed by atoms with E-state index in [2.05, 4.69) is 19.8 Å². The minimum atomic E-state index is -0.439. The Kier molecular flexibility index (Phi) is 4.73. The average molecular weight is 332 g/mol. The zero-order valence-electron chi connectivity index (χ0n) is 12.6. The van der Waals surface area contributed by atoms with Gasteiger partial charge in [-0.1, -0.05) is 23.7 Å². The molecule has 1 saturated heterocycles. The molecule has 6 nitrogen and oxygen atoms in total. The number of carbonyl (C=O) groups excluding carboxylic acids is 1. The number of halogens is 1. The molecule has 2 heterocycles. The van der Waals surface area contributed by atoms with Gasteiger partial charge in [0.2, 0.25) is 11.9 Å². The standard InChI is InChI=1S/C16H18ClN5O/c17-13-4-2-12(3-5-13)14(15(18)23)21-8-10-22(11-9-21)16-19-6-1-7-20-16/h1-7,14H,8-11H2,(H2,18,23)/t14-/m1/s1. The van der Waals surface area contributed by atoms with Crippen molar-refractivity contribution in [1.29, 1.82) is 0 Å². The number of primary amides is 1. The van der Waals surface area contributed by atoms with Gasteiger partial charge in [-0.05, 0) is 23.8 Å².